The second-order valence-electron chi connectivity index (χ2n) is 6.69. The first-order valence-corrected chi connectivity index (χ1v) is 8.68. The second-order valence-corrected chi connectivity index (χ2v) is 6.69. The molecule has 26 heavy (non-hydrogen) atoms. The Bertz CT molecular complexity index is 843. The highest BCUT2D eigenvalue weighted by Crippen LogP contribution is 2.17. The van der Waals surface area contributed by atoms with Crippen LogP contribution in [0, 0.1) is 13.8 Å². The summed E-state index contributed by atoms with van der Waals surface area (Å²) in [7, 11) is 0. The van der Waals surface area contributed by atoms with Gasteiger partial charge in [-0.25, -0.2) is 0 Å². The van der Waals surface area contributed by atoms with E-state index in [2.05, 4.69) is 74.5 Å². The Morgan fingerprint density at radius 1 is 0.500 bits per heavy atom. The molecule has 0 aliphatic carbocycles. The Hall–Kier alpha value is -3.26. The Labute approximate surface area is 155 Å². The maximum Gasteiger partial charge on any atom is 0.0340 e. The molecule has 3 aromatic carbocycles. The van der Waals surface area contributed by atoms with E-state index in [0.717, 1.165) is 11.1 Å². The summed E-state index contributed by atoms with van der Waals surface area (Å²) in [5, 5.41) is 0. The van der Waals surface area contributed by atoms with Gasteiger partial charge in [0, 0.05) is 11.4 Å². The lowest BCUT2D eigenvalue weighted by atomic mass is 10.1. The molecule has 0 heterocycles. The summed E-state index contributed by atoms with van der Waals surface area (Å²) >= 11 is 0. The van der Waals surface area contributed by atoms with Gasteiger partial charge in [-0.3, -0.25) is 0 Å². The SMILES string of the molecule is Cc1cc(C)cc(/C=C/c2ccc(/C=C/c3cc(N)cc(N)c3)cc2)c1. The van der Waals surface area contributed by atoms with Gasteiger partial charge in [0.15, 0.2) is 0 Å². The van der Waals surface area contributed by atoms with Crippen molar-refractivity contribution in [2.45, 2.75) is 13.8 Å². The fourth-order valence-corrected chi connectivity index (χ4v) is 3.01. The Morgan fingerprint density at radius 2 is 0.885 bits per heavy atom. The number of nitrogen functional groups attached to an aromatic ring is 2. The summed E-state index contributed by atoms with van der Waals surface area (Å²) in [5.41, 5.74) is 20.1. The van der Waals surface area contributed by atoms with Gasteiger partial charge in [-0.15, -0.1) is 0 Å². The van der Waals surface area contributed by atoms with E-state index in [1.54, 1.807) is 6.07 Å². The molecule has 0 spiro atoms. The predicted octanol–water partition coefficient (Wildman–Crippen LogP) is 5.81. The molecule has 3 aromatic rings. The molecule has 0 bridgehead atoms. The Kier molecular flexibility index (Phi) is 5.23. The van der Waals surface area contributed by atoms with Crippen LogP contribution in [0.25, 0.3) is 24.3 Å². The summed E-state index contributed by atoms with van der Waals surface area (Å²) in [4.78, 5) is 0. The van der Waals surface area contributed by atoms with Crippen molar-refractivity contribution in [2.75, 3.05) is 11.5 Å². The number of anilines is 2. The van der Waals surface area contributed by atoms with E-state index in [1.807, 2.05) is 18.2 Å². The highest BCUT2D eigenvalue weighted by molar-refractivity contribution is 5.75. The fourth-order valence-electron chi connectivity index (χ4n) is 3.01. The first kappa shape index (κ1) is 17.6. The third-order valence-electron chi connectivity index (χ3n) is 4.12. The summed E-state index contributed by atoms with van der Waals surface area (Å²) in [6.07, 6.45) is 8.37. The zero-order valence-corrected chi connectivity index (χ0v) is 15.2. The maximum absolute atomic E-state index is 5.83. The highest BCUT2D eigenvalue weighted by Gasteiger charge is 1.95. The number of hydrogen-bond donors (Lipinski definition) is 2. The predicted molar refractivity (Wildman–Crippen MR) is 115 cm³/mol. The van der Waals surface area contributed by atoms with E-state index in [1.165, 1.54) is 22.3 Å². The third-order valence-corrected chi connectivity index (χ3v) is 4.12. The molecular formula is C24H24N2. The average Bonchev–Trinajstić information content (AvgIpc) is 2.57. The van der Waals surface area contributed by atoms with Crippen LogP contribution < -0.4 is 11.5 Å². The van der Waals surface area contributed by atoms with Gasteiger partial charge in [0.25, 0.3) is 0 Å². The van der Waals surface area contributed by atoms with E-state index in [4.69, 9.17) is 11.5 Å². The van der Waals surface area contributed by atoms with Crippen LogP contribution in [0.15, 0.2) is 60.7 Å². The Balaban J connectivity index is 1.71. The molecule has 2 nitrogen and oxygen atoms in total. The molecule has 0 unspecified atom stereocenters. The molecule has 0 atom stereocenters. The fraction of sp³-hybridized carbons (Fsp3) is 0.0833. The standard InChI is InChI=1S/C24H24N2/c1-17-11-18(2)13-21(12-17)9-7-19-3-5-20(6-4-19)8-10-22-14-23(25)16-24(26)15-22/h3-16H,25-26H2,1-2H3/b9-7+,10-8+. The molecule has 0 amide bonds. The van der Waals surface area contributed by atoms with Crippen LogP contribution in [0.3, 0.4) is 0 Å². The molecule has 4 N–H and O–H groups in total. The van der Waals surface area contributed by atoms with Crippen LogP contribution >= 0.6 is 0 Å². The van der Waals surface area contributed by atoms with Gasteiger partial charge in [0.05, 0.1) is 0 Å². The molecule has 0 aliphatic heterocycles. The van der Waals surface area contributed by atoms with Crippen LogP contribution in [-0.4, -0.2) is 0 Å². The van der Waals surface area contributed by atoms with Gasteiger partial charge in [-0.2, -0.15) is 0 Å². The van der Waals surface area contributed by atoms with Crippen molar-refractivity contribution in [3.63, 3.8) is 0 Å². The normalized spacial score (nSPS) is 11.5. The van der Waals surface area contributed by atoms with Gasteiger partial charge in [0.1, 0.15) is 0 Å². The molecule has 0 radical (unpaired) electrons. The van der Waals surface area contributed by atoms with Crippen LogP contribution in [0.5, 0.6) is 0 Å². The second kappa shape index (κ2) is 7.75. The lowest BCUT2D eigenvalue weighted by molar-refractivity contribution is 1.37. The van der Waals surface area contributed by atoms with Crippen LogP contribution in [-0.2, 0) is 0 Å². The van der Waals surface area contributed by atoms with Gasteiger partial charge < -0.3 is 11.5 Å². The lowest BCUT2D eigenvalue weighted by Gasteiger charge is -2.01. The minimum Gasteiger partial charge on any atom is -0.399 e. The number of aryl methyl sites for hydroxylation is 2. The van der Waals surface area contributed by atoms with Gasteiger partial charge in [0.2, 0.25) is 0 Å². The quantitative estimate of drug-likeness (QED) is 0.465. The number of hydrogen-bond acceptors (Lipinski definition) is 2. The largest absolute Gasteiger partial charge is 0.399 e. The van der Waals surface area contributed by atoms with Crippen molar-refractivity contribution in [3.8, 4) is 0 Å². The van der Waals surface area contributed by atoms with Gasteiger partial charge in [-0.1, -0.05) is 77.9 Å². The van der Waals surface area contributed by atoms with Crippen LogP contribution in [0.4, 0.5) is 11.4 Å². The van der Waals surface area contributed by atoms with E-state index in [9.17, 15) is 0 Å². The maximum atomic E-state index is 5.83. The van der Waals surface area contributed by atoms with Crippen LogP contribution in [0.1, 0.15) is 33.4 Å². The van der Waals surface area contributed by atoms with Crippen molar-refractivity contribution < 1.29 is 0 Å². The van der Waals surface area contributed by atoms with E-state index in [-0.39, 0.29) is 0 Å². The van der Waals surface area contributed by atoms with Crippen molar-refractivity contribution in [1.29, 1.82) is 0 Å². The molecule has 3 rings (SSSR count). The van der Waals surface area contributed by atoms with E-state index >= 15 is 0 Å². The molecule has 0 saturated carbocycles. The topological polar surface area (TPSA) is 52.0 Å². The average molecular weight is 340 g/mol. The van der Waals surface area contributed by atoms with E-state index in [0.29, 0.717) is 11.4 Å². The molecule has 0 aliphatic rings. The van der Waals surface area contributed by atoms with Gasteiger partial charge >= 0.3 is 0 Å². The summed E-state index contributed by atoms with van der Waals surface area (Å²) in [6, 6.07) is 20.6. The number of rotatable bonds is 4. The monoisotopic (exact) mass is 340 g/mol. The molecule has 130 valence electrons. The first-order valence-electron chi connectivity index (χ1n) is 8.68. The minimum absolute atomic E-state index is 0.677. The number of nitrogens with two attached hydrogens (primary N) is 2. The van der Waals surface area contributed by atoms with Crippen molar-refractivity contribution in [2.24, 2.45) is 0 Å². The number of benzene rings is 3. The summed E-state index contributed by atoms with van der Waals surface area (Å²) in [5.74, 6) is 0. The minimum atomic E-state index is 0.677. The third kappa shape index (κ3) is 4.87. The summed E-state index contributed by atoms with van der Waals surface area (Å²) in [6.45, 7) is 4.25. The molecule has 0 aromatic heterocycles. The molecule has 0 saturated heterocycles. The Morgan fingerprint density at radius 3 is 1.35 bits per heavy atom. The van der Waals surface area contributed by atoms with Crippen molar-refractivity contribution in [1.82, 2.24) is 0 Å². The molecular weight excluding hydrogens is 316 g/mol. The summed E-state index contributed by atoms with van der Waals surface area (Å²) < 4.78 is 0. The van der Waals surface area contributed by atoms with Crippen LogP contribution in [0.2, 0.25) is 0 Å². The van der Waals surface area contributed by atoms with Crippen molar-refractivity contribution in [3.05, 3.63) is 94.0 Å². The zero-order valence-electron chi connectivity index (χ0n) is 15.2. The first-order chi connectivity index (χ1) is 12.5. The molecule has 0 fully saturated rings. The van der Waals surface area contributed by atoms with E-state index < -0.39 is 0 Å². The smallest absolute Gasteiger partial charge is 0.0340 e. The van der Waals surface area contributed by atoms with Crippen molar-refractivity contribution >= 4 is 35.7 Å². The van der Waals surface area contributed by atoms with Gasteiger partial charge in [-0.05, 0) is 54.3 Å². The zero-order chi connectivity index (χ0) is 18.5. The molecule has 2 heteroatoms. The lowest BCUT2D eigenvalue weighted by Crippen LogP contribution is -1.90. The highest BCUT2D eigenvalue weighted by atomic mass is 14.6.